The average molecular weight is 600 g/mol. The molecule has 0 bridgehead atoms. The van der Waals surface area contributed by atoms with Crippen molar-refractivity contribution in [2.24, 2.45) is 0 Å². The van der Waals surface area contributed by atoms with Crippen LogP contribution in [-0.2, 0) is 16.1 Å². The Morgan fingerprint density at radius 3 is 2.58 bits per heavy atom. The van der Waals surface area contributed by atoms with E-state index in [1.54, 1.807) is 17.7 Å². The van der Waals surface area contributed by atoms with E-state index < -0.39 is 22.0 Å². The van der Waals surface area contributed by atoms with Crippen molar-refractivity contribution >= 4 is 69.9 Å². The van der Waals surface area contributed by atoms with Crippen LogP contribution in [0.2, 0.25) is 10.2 Å². The lowest BCUT2D eigenvalue weighted by Crippen LogP contribution is -2.36. The monoisotopic (exact) mass is 599 g/mol. The molecule has 4 rings (SSSR count). The molecule has 40 heavy (non-hydrogen) atoms. The Morgan fingerprint density at radius 2 is 1.88 bits per heavy atom. The van der Waals surface area contributed by atoms with Crippen molar-refractivity contribution in [2.75, 3.05) is 13.1 Å². The first-order valence-electron chi connectivity index (χ1n) is 12.0. The normalized spacial score (nSPS) is 14.5. The van der Waals surface area contributed by atoms with Crippen molar-refractivity contribution in [1.82, 2.24) is 20.0 Å². The van der Waals surface area contributed by atoms with Crippen LogP contribution in [-0.4, -0.2) is 49.7 Å². The number of benzene rings is 2. The summed E-state index contributed by atoms with van der Waals surface area (Å²) in [5.74, 6) is -0.987. The van der Waals surface area contributed by atoms with Crippen molar-refractivity contribution in [3.8, 4) is 0 Å². The molecule has 1 aliphatic rings. The Kier molecular flexibility index (Phi) is 9.08. The summed E-state index contributed by atoms with van der Waals surface area (Å²) >= 11 is 13.0. The summed E-state index contributed by atoms with van der Waals surface area (Å²) in [7, 11) is 0. The molecule has 1 aliphatic heterocycles. The molecule has 2 aromatic carbocycles. The van der Waals surface area contributed by atoms with Gasteiger partial charge in [0.1, 0.15) is 10.2 Å². The second kappa shape index (κ2) is 12.5. The molecule has 3 aromatic rings. The van der Waals surface area contributed by atoms with Crippen molar-refractivity contribution in [3.63, 3.8) is 0 Å². The zero-order valence-electron chi connectivity index (χ0n) is 21.4. The Hall–Kier alpha value is -3.93. The predicted octanol–water partition coefficient (Wildman–Crippen LogP) is 5.63. The van der Waals surface area contributed by atoms with Crippen LogP contribution in [0.25, 0.3) is 12.2 Å². The van der Waals surface area contributed by atoms with Crippen LogP contribution >= 0.6 is 35.0 Å². The fourth-order valence-corrected chi connectivity index (χ4v) is 5.19. The predicted molar refractivity (Wildman–Crippen MR) is 155 cm³/mol. The number of nitro benzene ring substituents is 1. The van der Waals surface area contributed by atoms with E-state index >= 15 is 0 Å². The molecule has 0 atom stereocenters. The SMILES string of the molecule is Cc1ccc(Cn2nc(C)c(/C=C/C(=O)NCCN3C(=O)S/C(=C/c4ccc(Cl)c([N+](=O)[O-])c4)C3=O)c2Cl)cc1. The third-order valence-electron chi connectivity index (χ3n) is 5.94. The largest absolute Gasteiger partial charge is 0.351 e. The number of nitrogens with one attached hydrogen (secondary N) is 1. The van der Waals surface area contributed by atoms with Gasteiger partial charge in [0.15, 0.2) is 0 Å². The number of nitrogens with zero attached hydrogens (tertiary/aromatic N) is 4. The van der Waals surface area contributed by atoms with E-state index in [0.29, 0.717) is 40.3 Å². The standard InChI is InChI=1S/C27H23Cl2N5O5S/c1-16-3-5-18(6-4-16)15-33-25(29)20(17(2)31-33)8-10-24(35)30-11-12-32-26(36)23(40-27(32)37)14-19-7-9-21(28)22(13-19)34(38)39/h3-10,13-14H,11-12,15H2,1-2H3,(H,30,35)/b10-8+,23-14+. The van der Waals surface area contributed by atoms with Gasteiger partial charge in [0, 0.05) is 30.8 Å². The number of nitro groups is 1. The molecule has 3 amide bonds. The summed E-state index contributed by atoms with van der Waals surface area (Å²) in [5, 5.41) is 18.1. The number of amides is 3. The number of halogens is 2. The Labute approximate surface area is 243 Å². The molecule has 1 aromatic heterocycles. The highest BCUT2D eigenvalue weighted by Gasteiger charge is 2.34. The summed E-state index contributed by atoms with van der Waals surface area (Å²) in [6.45, 7) is 4.28. The molecule has 1 N–H and O–H groups in total. The van der Waals surface area contributed by atoms with Crippen LogP contribution in [0.3, 0.4) is 0 Å². The van der Waals surface area contributed by atoms with Crippen molar-refractivity contribution in [2.45, 2.75) is 20.4 Å². The van der Waals surface area contributed by atoms with E-state index in [-0.39, 0.29) is 28.7 Å². The first kappa shape index (κ1) is 29.1. The summed E-state index contributed by atoms with van der Waals surface area (Å²) in [6, 6.07) is 12.1. The van der Waals surface area contributed by atoms with Gasteiger partial charge in [0.2, 0.25) is 5.91 Å². The molecule has 0 spiro atoms. The Bertz CT molecular complexity index is 1570. The quantitative estimate of drug-likeness (QED) is 0.192. The van der Waals surface area contributed by atoms with Crippen molar-refractivity contribution < 1.29 is 19.3 Å². The first-order valence-corrected chi connectivity index (χ1v) is 13.5. The summed E-state index contributed by atoms with van der Waals surface area (Å²) < 4.78 is 1.66. The maximum atomic E-state index is 12.7. The second-order valence-corrected chi connectivity index (χ2v) is 10.6. The number of aromatic nitrogens is 2. The van der Waals surface area contributed by atoms with Crippen LogP contribution in [0.15, 0.2) is 53.4 Å². The fraction of sp³-hybridized carbons (Fsp3) is 0.185. The zero-order valence-corrected chi connectivity index (χ0v) is 23.7. The molecule has 13 heteroatoms. The zero-order chi connectivity index (χ0) is 29.0. The van der Waals surface area contributed by atoms with Gasteiger partial charge in [-0.2, -0.15) is 5.10 Å². The average Bonchev–Trinajstić information content (AvgIpc) is 3.33. The van der Waals surface area contributed by atoms with Crippen LogP contribution < -0.4 is 5.32 Å². The lowest BCUT2D eigenvalue weighted by atomic mass is 10.1. The molecule has 0 saturated carbocycles. The van der Waals surface area contributed by atoms with E-state index in [1.165, 1.54) is 30.4 Å². The van der Waals surface area contributed by atoms with Crippen LogP contribution in [0.1, 0.15) is 27.9 Å². The van der Waals surface area contributed by atoms with Gasteiger partial charge in [-0.1, -0.05) is 59.1 Å². The highest BCUT2D eigenvalue weighted by atomic mass is 35.5. The smallest absolute Gasteiger partial charge is 0.293 e. The number of thioether (sulfide) groups is 1. The van der Waals surface area contributed by atoms with Gasteiger partial charge in [-0.05, 0) is 55.0 Å². The summed E-state index contributed by atoms with van der Waals surface area (Å²) in [4.78, 5) is 49.1. The van der Waals surface area contributed by atoms with Gasteiger partial charge in [-0.25, -0.2) is 4.68 Å². The molecule has 1 saturated heterocycles. The first-order chi connectivity index (χ1) is 19.0. The van der Waals surface area contributed by atoms with Gasteiger partial charge in [0.05, 0.1) is 22.1 Å². The number of hydrogen-bond acceptors (Lipinski definition) is 7. The second-order valence-electron chi connectivity index (χ2n) is 8.86. The molecule has 10 nitrogen and oxygen atoms in total. The molecule has 1 fully saturated rings. The highest BCUT2D eigenvalue weighted by molar-refractivity contribution is 8.18. The summed E-state index contributed by atoms with van der Waals surface area (Å²) in [6.07, 6.45) is 4.27. The van der Waals surface area contributed by atoms with E-state index in [2.05, 4.69) is 10.4 Å². The van der Waals surface area contributed by atoms with E-state index in [4.69, 9.17) is 23.2 Å². The van der Waals surface area contributed by atoms with E-state index in [0.717, 1.165) is 16.0 Å². The molecule has 0 radical (unpaired) electrons. The third kappa shape index (κ3) is 6.79. The van der Waals surface area contributed by atoms with E-state index in [9.17, 15) is 24.5 Å². The molecular weight excluding hydrogens is 577 g/mol. The molecule has 0 unspecified atom stereocenters. The molecular formula is C27H23Cl2N5O5S. The molecule has 2 heterocycles. The van der Waals surface area contributed by atoms with E-state index in [1.807, 2.05) is 31.2 Å². The van der Waals surface area contributed by atoms with Crippen LogP contribution in [0.5, 0.6) is 0 Å². The third-order valence-corrected chi connectivity index (χ3v) is 7.56. The maximum Gasteiger partial charge on any atom is 0.293 e. The number of imide groups is 1. The minimum atomic E-state index is -0.630. The number of carbonyl (C=O) groups excluding carboxylic acids is 3. The lowest BCUT2D eigenvalue weighted by molar-refractivity contribution is -0.384. The van der Waals surface area contributed by atoms with Crippen LogP contribution in [0.4, 0.5) is 10.5 Å². The number of hydrogen-bond donors (Lipinski definition) is 1. The number of aryl methyl sites for hydroxylation is 2. The van der Waals surface area contributed by atoms with Crippen molar-refractivity contribution in [1.29, 1.82) is 0 Å². The van der Waals surface area contributed by atoms with Gasteiger partial charge in [-0.3, -0.25) is 29.4 Å². The van der Waals surface area contributed by atoms with Gasteiger partial charge >= 0.3 is 0 Å². The van der Waals surface area contributed by atoms with Gasteiger partial charge < -0.3 is 5.32 Å². The lowest BCUT2D eigenvalue weighted by Gasteiger charge is -2.12. The van der Waals surface area contributed by atoms with Crippen molar-refractivity contribution in [3.05, 3.63) is 102 Å². The Balaban J connectivity index is 1.33. The molecule has 206 valence electrons. The Morgan fingerprint density at radius 1 is 1.15 bits per heavy atom. The minimum absolute atomic E-state index is 0.0281. The van der Waals surface area contributed by atoms with Gasteiger partial charge in [0.25, 0.3) is 16.8 Å². The van der Waals surface area contributed by atoms with Gasteiger partial charge in [-0.15, -0.1) is 0 Å². The minimum Gasteiger partial charge on any atom is -0.351 e. The summed E-state index contributed by atoms with van der Waals surface area (Å²) in [5.41, 5.74) is 3.53. The topological polar surface area (TPSA) is 127 Å². The highest BCUT2D eigenvalue weighted by Crippen LogP contribution is 2.33. The number of carbonyl (C=O) groups is 3. The maximum absolute atomic E-state index is 12.7. The fourth-order valence-electron chi connectivity index (χ4n) is 3.84. The number of rotatable bonds is 9. The molecule has 0 aliphatic carbocycles. The van der Waals surface area contributed by atoms with Crippen LogP contribution in [0, 0.1) is 24.0 Å².